The Labute approximate surface area is 220 Å². The summed E-state index contributed by atoms with van der Waals surface area (Å²) in [6.07, 6.45) is 0. The Balaban J connectivity index is 1.67. The average molecular weight is 540 g/mol. The number of halogens is 2. The van der Waals surface area contributed by atoms with Crippen LogP contribution >= 0.6 is 23.2 Å². The van der Waals surface area contributed by atoms with Gasteiger partial charge in [-0.15, -0.1) is 0 Å². The molecule has 0 radical (unpaired) electrons. The Morgan fingerprint density at radius 2 is 1.73 bits per heavy atom. The number of aliphatic hydroxyl groups is 1. The number of aliphatic hydroxyl groups excluding tert-OH is 1. The number of ether oxygens (including phenoxy) is 2. The van der Waals surface area contributed by atoms with Gasteiger partial charge in [-0.3, -0.25) is 14.5 Å². The van der Waals surface area contributed by atoms with E-state index in [1.165, 1.54) is 43.4 Å². The van der Waals surface area contributed by atoms with Crippen LogP contribution in [0.15, 0.2) is 76.4 Å². The largest absolute Gasteiger partial charge is 0.508 e. The number of benzene rings is 3. The van der Waals surface area contributed by atoms with Crippen molar-refractivity contribution in [1.82, 2.24) is 0 Å². The van der Waals surface area contributed by atoms with Crippen LogP contribution in [0.2, 0.25) is 10.0 Å². The lowest BCUT2D eigenvalue weighted by Gasteiger charge is -2.27. The second kappa shape index (κ2) is 9.38. The highest BCUT2D eigenvalue weighted by molar-refractivity contribution is 6.32. The smallest absolute Gasteiger partial charge is 0.294 e. The monoisotopic (exact) mass is 539 g/mol. The maximum Gasteiger partial charge on any atom is 0.294 e. The molecule has 1 aromatic heterocycles. The quantitative estimate of drug-likeness (QED) is 0.279. The molecule has 1 unspecified atom stereocenters. The summed E-state index contributed by atoms with van der Waals surface area (Å²) in [4.78, 5) is 28.4. The first kappa shape index (κ1) is 24.5. The van der Waals surface area contributed by atoms with E-state index >= 15 is 0 Å². The topological polar surface area (TPSA) is 109 Å². The van der Waals surface area contributed by atoms with Crippen LogP contribution in [0.3, 0.4) is 0 Å². The number of ketones is 1. The fourth-order valence-corrected chi connectivity index (χ4v) is 4.87. The average Bonchev–Trinajstić information content (AvgIpc) is 3.42. The first-order valence-corrected chi connectivity index (χ1v) is 11.7. The third-order valence-electron chi connectivity index (χ3n) is 6.04. The number of Topliss-reactive ketones (excluding diaryl/α,β-unsaturated/α-hetero) is 1. The summed E-state index contributed by atoms with van der Waals surface area (Å²) in [5, 5.41) is 22.2. The molecule has 37 heavy (non-hydrogen) atoms. The van der Waals surface area contributed by atoms with Gasteiger partial charge in [-0.2, -0.15) is 0 Å². The summed E-state index contributed by atoms with van der Waals surface area (Å²) in [7, 11) is 2.89. The van der Waals surface area contributed by atoms with Crippen molar-refractivity contribution >= 4 is 51.5 Å². The Kier molecular flexibility index (Phi) is 6.23. The fraction of sp³-hybridized carbons (Fsp3) is 0.111. The number of hydrogen-bond donors (Lipinski definition) is 2. The number of nitrogens with zero attached hydrogens (tertiary/aromatic N) is 1. The summed E-state index contributed by atoms with van der Waals surface area (Å²) in [6.45, 7) is 0. The van der Waals surface area contributed by atoms with Crippen LogP contribution in [0.5, 0.6) is 17.2 Å². The van der Waals surface area contributed by atoms with E-state index in [4.69, 9.17) is 37.1 Å². The van der Waals surface area contributed by atoms with E-state index < -0.39 is 23.5 Å². The van der Waals surface area contributed by atoms with E-state index in [1.807, 2.05) is 0 Å². The molecule has 1 amide bonds. The molecule has 0 fully saturated rings. The van der Waals surface area contributed by atoms with Crippen molar-refractivity contribution in [1.29, 1.82) is 0 Å². The van der Waals surface area contributed by atoms with Gasteiger partial charge < -0.3 is 24.1 Å². The maximum atomic E-state index is 13.8. The lowest BCUT2D eigenvalue weighted by molar-refractivity contribution is -0.117. The molecular formula is C27H19Cl2NO7. The van der Waals surface area contributed by atoms with Gasteiger partial charge in [0.1, 0.15) is 11.5 Å². The summed E-state index contributed by atoms with van der Waals surface area (Å²) in [5.74, 6) is -1.82. The second-order valence-corrected chi connectivity index (χ2v) is 9.06. The zero-order valence-electron chi connectivity index (χ0n) is 19.5. The lowest BCUT2D eigenvalue weighted by Crippen LogP contribution is -2.31. The minimum atomic E-state index is -1.10. The Hall–Kier alpha value is -4.14. The molecular weight excluding hydrogens is 521 g/mol. The molecule has 2 heterocycles. The van der Waals surface area contributed by atoms with Crippen LogP contribution in [0.25, 0.3) is 11.0 Å². The molecule has 0 spiro atoms. The highest BCUT2D eigenvalue weighted by Gasteiger charge is 2.45. The predicted molar refractivity (Wildman–Crippen MR) is 138 cm³/mol. The number of phenols is 1. The molecule has 3 aromatic carbocycles. The van der Waals surface area contributed by atoms with Crippen LogP contribution in [0.1, 0.15) is 22.2 Å². The molecule has 1 aliphatic rings. The Morgan fingerprint density at radius 1 is 0.973 bits per heavy atom. The number of phenolic OH excluding ortho intramolecular Hbond substituents is 1. The van der Waals surface area contributed by atoms with Crippen molar-refractivity contribution in [2.45, 2.75) is 6.04 Å². The van der Waals surface area contributed by atoms with E-state index in [0.29, 0.717) is 33.2 Å². The molecule has 10 heteroatoms. The van der Waals surface area contributed by atoms with Gasteiger partial charge in [0.05, 0.1) is 30.9 Å². The normalized spacial score (nSPS) is 15.5. The van der Waals surface area contributed by atoms with Crippen molar-refractivity contribution < 1.29 is 33.7 Å². The number of amides is 1. The van der Waals surface area contributed by atoms with Gasteiger partial charge in [-0.1, -0.05) is 35.3 Å². The highest BCUT2D eigenvalue weighted by atomic mass is 35.5. The van der Waals surface area contributed by atoms with E-state index in [-0.39, 0.29) is 27.7 Å². The molecule has 1 atom stereocenters. The number of methoxy groups -OCH3 is 2. The molecule has 5 rings (SSSR count). The summed E-state index contributed by atoms with van der Waals surface area (Å²) < 4.78 is 16.3. The maximum absolute atomic E-state index is 13.8. The molecule has 188 valence electrons. The summed E-state index contributed by atoms with van der Waals surface area (Å²) >= 11 is 12.5. The zero-order chi connectivity index (χ0) is 26.4. The van der Waals surface area contributed by atoms with Crippen molar-refractivity contribution in [2.24, 2.45) is 0 Å². The van der Waals surface area contributed by atoms with Crippen LogP contribution in [0.4, 0.5) is 5.69 Å². The van der Waals surface area contributed by atoms with Gasteiger partial charge >= 0.3 is 0 Å². The minimum Gasteiger partial charge on any atom is -0.508 e. The second-order valence-electron chi connectivity index (χ2n) is 8.22. The first-order chi connectivity index (χ1) is 17.7. The predicted octanol–water partition coefficient (Wildman–Crippen LogP) is 6.25. The van der Waals surface area contributed by atoms with E-state index in [2.05, 4.69) is 0 Å². The summed E-state index contributed by atoms with van der Waals surface area (Å²) in [6, 6.07) is 14.2. The van der Waals surface area contributed by atoms with Gasteiger partial charge in [0.25, 0.3) is 5.91 Å². The fourth-order valence-electron chi connectivity index (χ4n) is 4.40. The van der Waals surface area contributed by atoms with Crippen molar-refractivity contribution in [3.05, 3.63) is 93.4 Å². The van der Waals surface area contributed by atoms with Gasteiger partial charge in [0.2, 0.25) is 5.78 Å². The molecule has 8 nitrogen and oxygen atoms in total. The number of carbonyl (C=O) groups is 2. The molecule has 4 aromatic rings. The van der Waals surface area contributed by atoms with Crippen LogP contribution in [-0.4, -0.2) is 36.1 Å². The number of carbonyl (C=O) groups excluding carboxylic acids is 2. The third-order valence-corrected chi connectivity index (χ3v) is 6.56. The lowest BCUT2D eigenvalue weighted by atomic mass is 9.94. The van der Waals surface area contributed by atoms with Crippen molar-refractivity contribution in [3.8, 4) is 17.2 Å². The highest BCUT2D eigenvalue weighted by Crippen LogP contribution is 2.44. The van der Waals surface area contributed by atoms with E-state index in [1.54, 1.807) is 36.4 Å². The molecule has 0 saturated carbocycles. The Bertz CT molecular complexity index is 1610. The molecule has 0 saturated heterocycles. The standard InChI is InChI=1S/C27H19Cl2NO7/c1-35-19-7-6-16(12-18(19)29)30-23(13-4-3-5-17(31)9-13)22(25(33)27(30)34)24(32)20-10-14-8-15(28)11-21(36-2)26(14)37-20/h3-12,23,31,33H,1-2H3. The molecule has 2 N–H and O–H groups in total. The summed E-state index contributed by atoms with van der Waals surface area (Å²) in [5.41, 5.74) is 0.736. The number of aromatic hydroxyl groups is 1. The molecule has 0 aliphatic carbocycles. The third kappa shape index (κ3) is 4.14. The van der Waals surface area contributed by atoms with Crippen LogP contribution in [0, 0.1) is 0 Å². The van der Waals surface area contributed by atoms with Crippen molar-refractivity contribution in [2.75, 3.05) is 19.1 Å². The number of anilines is 1. The molecule has 0 bridgehead atoms. The molecule has 1 aliphatic heterocycles. The number of hydrogen-bond acceptors (Lipinski definition) is 7. The van der Waals surface area contributed by atoms with Gasteiger partial charge in [0.15, 0.2) is 22.9 Å². The number of fused-ring (bicyclic) bond motifs is 1. The van der Waals surface area contributed by atoms with Crippen LogP contribution < -0.4 is 14.4 Å². The zero-order valence-corrected chi connectivity index (χ0v) is 21.0. The first-order valence-electron chi connectivity index (χ1n) is 10.9. The number of rotatable bonds is 6. The van der Waals surface area contributed by atoms with E-state index in [0.717, 1.165) is 0 Å². The SMILES string of the molecule is COc1ccc(N2C(=O)C(O)=C(C(=O)c3cc4cc(Cl)cc(OC)c4o3)C2c2cccc(O)c2)cc1Cl. The van der Waals surface area contributed by atoms with Gasteiger partial charge in [-0.25, -0.2) is 0 Å². The van der Waals surface area contributed by atoms with E-state index in [9.17, 15) is 19.8 Å². The van der Waals surface area contributed by atoms with Crippen molar-refractivity contribution in [3.63, 3.8) is 0 Å². The van der Waals surface area contributed by atoms with Crippen LogP contribution in [-0.2, 0) is 4.79 Å². The van der Waals surface area contributed by atoms with Gasteiger partial charge in [0, 0.05) is 22.2 Å². The minimum absolute atomic E-state index is 0.0843. The Morgan fingerprint density at radius 3 is 2.41 bits per heavy atom. The van der Waals surface area contributed by atoms with Gasteiger partial charge in [-0.05, 0) is 48.0 Å². The number of furan rings is 1.